The molecular weight excluding hydrogens is 202 g/mol. The Kier molecular flexibility index (Phi) is 3.86. The van der Waals surface area contributed by atoms with Crippen LogP contribution < -0.4 is 5.32 Å². The molecule has 4 heteroatoms. The van der Waals surface area contributed by atoms with E-state index in [4.69, 9.17) is 0 Å². The smallest absolute Gasteiger partial charge is 0.223 e. The molecule has 1 rings (SSSR count). The predicted molar refractivity (Wildman–Crippen MR) is 65.6 cm³/mol. The minimum Gasteiger partial charge on any atom is -0.389 e. The summed E-state index contributed by atoms with van der Waals surface area (Å²) < 4.78 is 0. The molecule has 0 aliphatic heterocycles. The second-order valence-corrected chi connectivity index (χ2v) is 5.08. The summed E-state index contributed by atoms with van der Waals surface area (Å²) in [5.74, 6) is 0.968. The summed E-state index contributed by atoms with van der Waals surface area (Å²) in [4.78, 5) is 8.69. The van der Waals surface area contributed by atoms with Gasteiger partial charge in [-0.3, -0.25) is 0 Å². The topological polar surface area (TPSA) is 58.0 Å². The largest absolute Gasteiger partial charge is 0.389 e. The van der Waals surface area contributed by atoms with Crippen molar-refractivity contribution in [3.05, 3.63) is 17.5 Å². The molecule has 0 atom stereocenters. The van der Waals surface area contributed by atoms with E-state index in [2.05, 4.69) is 29.1 Å². The molecule has 0 bridgehead atoms. The summed E-state index contributed by atoms with van der Waals surface area (Å²) in [6.45, 7) is 10.1. The molecule has 2 N–H and O–H groups in total. The summed E-state index contributed by atoms with van der Waals surface area (Å²) in [6, 6.07) is 1.99. The van der Waals surface area contributed by atoms with Crippen LogP contribution in [-0.2, 0) is 0 Å². The first-order valence-corrected chi connectivity index (χ1v) is 5.60. The van der Waals surface area contributed by atoms with E-state index in [0.717, 1.165) is 11.4 Å². The van der Waals surface area contributed by atoms with Crippen molar-refractivity contribution in [2.75, 3.05) is 11.9 Å². The summed E-state index contributed by atoms with van der Waals surface area (Å²) >= 11 is 0. The van der Waals surface area contributed by atoms with E-state index in [1.807, 2.05) is 13.0 Å². The Hall–Kier alpha value is -1.16. The Morgan fingerprint density at radius 2 is 2.00 bits per heavy atom. The average molecular weight is 223 g/mol. The number of aryl methyl sites for hydroxylation is 1. The van der Waals surface area contributed by atoms with Gasteiger partial charge in [0.25, 0.3) is 0 Å². The third-order valence-corrected chi connectivity index (χ3v) is 2.14. The van der Waals surface area contributed by atoms with Crippen LogP contribution in [0.2, 0.25) is 0 Å². The first kappa shape index (κ1) is 12.9. The van der Waals surface area contributed by atoms with Gasteiger partial charge < -0.3 is 10.4 Å². The molecule has 0 saturated heterocycles. The highest BCUT2D eigenvalue weighted by atomic mass is 16.3. The number of aliphatic hydroxyl groups is 1. The summed E-state index contributed by atoms with van der Waals surface area (Å²) in [6.07, 6.45) is 0. The molecule has 0 unspecified atom stereocenters. The lowest BCUT2D eigenvalue weighted by molar-refractivity contribution is 0.0943. The molecule has 1 heterocycles. The third kappa shape index (κ3) is 4.14. The number of aromatic nitrogens is 2. The van der Waals surface area contributed by atoms with Gasteiger partial charge in [0.1, 0.15) is 0 Å². The van der Waals surface area contributed by atoms with Gasteiger partial charge in [-0.15, -0.1) is 0 Å². The fourth-order valence-corrected chi connectivity index (χ4v) is 1.26. The van der Waals surface area contributed by atoms with Crippen LogP contribution in [0.25, 0.3) is 0 Å². The average Bonchev–Trinajstić information content (AvgIpc) is 2.13. The van der Waals surface area contributed by atoms with E-state index in [9.17, 15) is 5.11 Å². The molecule has 4 nitrogen and oxygen atoms in total. The normalized spacial score (nSPS) is 11.9. The Morgan fingerprint density at radius 1 is 1.38 bits per heavy atom. The van der Waals surface area contributed by atoms with Crippen LogP contribution in [0, 0.1) is 6.92 Å². The quantitative estimate of drug-likeness (QED) is 0.820. The fourth-order valence-electron chi connectivity index (χ4n) is 1.26. The molecule has 0 fully saturated rings. The molecule has 0 aromatic carbocycles. The Bertz CT molecular complexity index is 356. The molecule has 0 spiro atoms. The minimum atomic E-state index is -0.759. The highest BCUT2D eigenvalue weighted by molar-refractivity contribution is 5.29. The van der Waals surface area contributed by atoms with Crippen molar-refractivity contribution in [1.29, 1.82) is 0 Å². The number of hydrogen-bond acceptors (Lipinski definition) is 4. The van der Waals surface area contributed by atoms with E-state index in [0.29, 0.717) is 18.4 Å². The van der Waals surface area contributed by atoms with E-state index < -0.39 is 5.60 Å². The number of nitrogens with one attached hydrogen (secondary N) is 1. The molecule has 0 aliphatic rings. The SMILES string of the molecule is Cc1cc(C(C)C)nc(NCC(C)(C)O)n1. The van der Waals surface area contributed by atoms with Gasteiger partial charge in [0, 0.05) is 17.9 Å². The van der Waals surface area contributed by atoms with Crippen molar-refractivity contribution < 1.29 is 5.11 Å². The zero-order valence-electron chi connectivity index (χ0n) is 10.7. The van der Waals surface area contributed by atoms with Crippen LogP contribution >= 0.6 is 0 Å². The minimum absolute atomic E-state index is 0.379. The first-order valence-electron chi connectivity index (χ1n) is 5.60. The van der Waals surface area contributed by atoms with Crippen molar-refractivity contribution in [3.8, 4) is 0 Å². The van der Waals surface area contributed by atoms with Crippen LogP contribution in [0.15, 0.2) is 6.07 Å². The van der Waals surface area contributed by atoms with Crippen LogP contribution in [0.5, 0.6) is 0 Å². The van der Waals surface area contributed by atoms with Gasteiger partial charge in [-0.1, -0.05) is 13.8 Å². The highest BCUT2D eigenvalue weighted by Gasteiger charge is 2.13. The van der Waals surface area contributed by atoms with Crippen molar-refractivity contribution in [2.45, 2.75) is 46.1 Å². The number of rotatable bonds is 4. The maximum atomic E-state index is 9.61. The lowest BCUT2D eigenvalue weighted by Crippen LogP contribution is -2.30. The molecule has 0 amide bonds. The van der Waals surface area contributed by atoms with Crippen molar-refractivity contribution in [1.82, 2.24) is 9.97 Å². The maximum absolute atomic E-state index is 9.61. The molecule has 16 heavy (non-hydrogen) atoms. The van der Waals surface area contributed by atoms with Crippen molar-refractivity contribution >= 4 is 5.95 Å². The van der Waals surface area contributed by atoms with Gasteiger partial charge >= 0.3 is 0 Å². The van der Waals surface area contributed by atoms with Crippen LogP contribution in [0.3, 0.4) is 0 Å². The van der Waals surface area contributed by atoms with Gasteiger partial charge in [0.05, 0.1) is 5.60 Å². The van der Waals surface area contributed by atoms with Crippen molar-refractivity contribution in [3.63, 3.8) is 0 Å². The highest BCUT2D eigenvalue weighted by Crippen LogP contribution is 2.14. The van der Waals surface area contributed by atoms with E-state index in [1.54, 1.807) is 13.8 Å². The predicted octanol–water partition coefficient (Wildman–Crippen LogP) is 2.09. The molecule has 0 saturated carbocycles. The third-order valence-electron chi connectivity index (χ3n) is 2.14. The Morgan fingerprint density at radius 3 is 2.50 bits per heavy atom. The van der Waals surface area contributed by atoms with Crippen LogP contribution in [0.4, 0.5) is 5.95 Å². The van der Waals surface area contributed by atoms with Gasteiger partial charge in [-0.05, 0) is 32.8 Å². The number of anilines is 1. The number of nitrogens with zero attached hydrogens (tertiary/aromatic N) is 2. The van der Waals surface area contributed by atoms with Crippen LogP contribution in [-0.4, -0.2) is 27.2 Å². The second-order valence-electron chi connectivity index (χ2n) is 5.08. The number of hydrogen-bond donors (Lipinski definition) is 2. The molecule has 0 radical (unpaired) electrons. The molecule has 1 aromatic rings. The summed E-state index contributed by atoms with van der Waals surface area (Å²) in [5, 5.41) is 12.7. The lowest BCUT2D eigenvalue weighted by Gasteiger charge is -2.18. The van der Waals surface area contributed by atoms with Gasteiger partial charge in [-0.2, -0.15) is 0 Å². The van der Waals surface area contributed by atoms with E-state index in [1.165, 1.54) is 0 Å². The first-order chi connectivity index (χ1) is 7.28. The molecule has 0 aliphatic carbocycles. The zero-order valence-corrected chi connectivity index (χ0v) is 10.7. The Balaban J connectivity index is 2.81. The van der Waals surface area contributed by atoms with Crippen molar-refractivity contribution in [2.24, 2.45) is 0 Å². The van der Waals surface area contributed by atoms with E-state index in [-0.39, 0.29) is 0 Å². The van der Waals surface area contributed by atoms with Crippen LogP contribution in [0.1, 0.15) is 45.0 Å². The van der Waals surface area contributed by atoms with Gasteiger partial charge in [0.2, 0.25) is 5.95 Å². The zero-order chi connectivity index (χ0) is 12.3. The fraction of sp³-hybridized carbons (Fsp3) is 0.667. The van der Waals surface area contributed by atoms with Gasteiger partial charge in [-0.25, -0.2) is 9.97 Å². The summed E-state index contributed by atoms with van der Waals surface area (Å²) in [5.41, 5.74) is 1.20. The van der Waals surface area contributed by atoms with Gasteiger partial charge in [0.15, 0.2) is 0 Å². The second kappa shape index (κ2) is 4.78. The van der Waals surface area contributed by atoms with E-state index >= 15 is 0 Å². The monoisotopic (exact) mass is 223 g/mol. The Labute approximate surface area is 97.1 Å². The molecule has 90 valence electrons. The standard InChI is InChI=1S/C12H21N3O/c1-8(2)10-6-9(3)14-11(15-10)13-7-12(4,5)16/h6,8,16H,7H2,1-5H3,(H,13,14,15). The summed E-state index contributed by atoms with van der Waals surface area (Å²) in [7, 11) is 0. The lowest BCUT2D eigenvalue weighted by atomic mass is 10.1. The molecule has 1 aromatic heterocycles. The molecular formula is C12H21N3O. The maximum Gasteiger partial charge on any atom is 0.223 e.